The summed E-state index contributed by atoms with van der Waals surface area (Å²) in [7, 11) is 3.65. The lowest BCUT2D eigenvalue weighted by Gasteiger charge is -2.28. The summed E-state index contributed by atoms with van der Waals surface area (Å²) in [5, 5.41) is 0. The molecule has 1 aliphatic heterocycles. The molecule has 2 aromatic carbocycles. The molecule has 0 aromatic heterocycles. The van der Waals surface area contributed by atoms with Crippen molar-refractivity contribution < 1.29 is 14.2 Å². The molecule has 216 valence electrons. The second-order valence-corrected chi connectivity index (χ2v) is 14.4. The number of hydrogen-bond acceptors (Lipinski definition) is 3. The Morgan fingerprint density at radius 1 is 0.564 bits per heavy atom. The van der Waals surface area contributed by atoms with Gasteiger partial charge < -0.3 is 14.2 Å². The first-order chi connectivity index (χ1) is 18.3. The highest BCUT2D eigenvalue weighted by molar-refractivity contribution is 5.58. The standard InChI is InChI=1S/C36H54O3/c1-33(2,3)27-21-25-19-17-15-13-11-12-14-16-18-20-26-22-28(34(4,5)6)24-30(32(26)38-10)36(8)35(7,39-36)29(23-27)31(25)37-9/h21-24H,11-20H2,1-10H3/t35-,36+. The molecule has 2 atom stereocenters. The Kier molecular flexibility index (Phi) is 8.54. The van der Waals surface area contributed by atoms with Gasteiger partial charge in [-0.2, -0.15) is 0 Å². The third-order valence-corrected chi connectivity index (χ3v) is 9.42. The normalized spacial score (nSPS) is 24.8. The van der Waals surface area contributed by atoms with Crippen molar-refractivity contribution in [3.8, 4) is 11.5 Å². The monoisotopic (exact) mass is 534 g/mol. The topological polar surface area (TPSA) is 31.0 Å². The Balaban J connectivity index is 1.93. The van der Waals surface area contributed by atoms with E-state index in [0.29, 0.717) is 0 Å². The smallest absolute Gasteiger partial charge is 0.128 e. The van der Waals surface area contributed by atoms with Gasteiger partial charge in [0.1, 0.15) is 22.7 Å². The summed E-state index contributed by atoms with van der Waals surface area (Å²) < 4.78 is 19.3. The number of fused-ring (bicyclic) bond motifs is 7. The molecule has 1 heterocycles. The van der Waals surface area contributed by atoms with E-state index in [0.717, 1.165) is 24.3 Å². The van der Waals surface area contributed by atoms with Gasteiger partial charge in [0.25, 0.3) is 0 Å². The van der Waals surface area contributed by atoms with Crippen molar-refractivity contribution in [2.45, 2.75) is 142 Å². The lowest BCUT2D eigenvalue weighted by atomic mass is 9.76. The van der Waals surface area contributed by atoms with Gasteiger partial charge in [0.15, 0.2) is 0 Å². The minimum atomic E-state index is -0.513. The summed E-state index contributed by atoms with van der Waals surface area (Å²) in [5.41, 5.74) is 6.70. The van der Waals surface area contributed by atoms with Gasteiger partial charge >= 0.3 is 0 Å². The van der Waals surface area contributed by atoms with Gasteiger partial charge in [0.05, 0.1) is 14.2 Å². The van der Waals surface area contributed by atoms with Crippen LogP contribution in [0.25, 0.3) is 0 Å². The van der Waals surface area contributed by atoms with Gasteiger partial charge in [-0.3, -0.25) is 0 Å². The predicted molar refractivity (Wildman–Crippen MR) is 164 cm³/mol. The molecule has 2 aromatic rings. The van der Waals surface area contributed by atoms with Gasteiger partial charge in [-0.1, -0.05) is 92.2 Å². The van der Waals surface area contributed by atoms with Crippen LogP contribution in [0.4, 0.5) is 0 Å². The third-order valence-electron chi connectivity index (χ3n) is 9.42. The maximum Gasteiger partial charge on any atom is 0.128 e. The summed E-state index contributed by atoms with van der Waals surface area (Å²) in [6.45, 7) is 18.3. The van der Waals surface area contributed by atoms with Gasteiger partial charge in [0.2, 0.25) is 0 Å². The molecular formula is C36H54O3. The number of aryl methyl sites for hydroxylation is 2. The fourth-order valence-corrected chi connectivity index (χ4v) is 6.50. The van der Waals surface area contributed by atoms with Gasteiger partial charge in [-0.15, -0.1) is 0 Å². The summed E-state index contributed by atoms with van der Waals surface area (Å²) in [5.74, 6) is 2.00. The molecule has 3 nitrogen and oxygen atoms in total. The van der Waals surface area contributed by atoms with E-state index in [1.165, 1.54) is 84.7 Å². The maximum absolute atomic E-state index is 6.90. The minimum Gasteiger partial charge on any atom is -0.496 e. The molecule has 0 N–H and O–H groups in total. The van der Waals surface area contributed by atoms with E-state index in [1.54, 1.807) is 0 Å². The Morgan fingerprint density at radius 3 is 1.21 bits per heavy atom. The second kappa shape index (κ2) is 11.1. The highest BCUT2D eigenvalue weighted by Gasteiger charge is 2.68. The average molecular weight is 535 g/mol. The predicted octanol–water partition coefficient (Wildman–Crippen LogP) is 9.68. The molecule has 4 rings (SSSR count). The molecule has 0 amide bonds. The van der Waals surface area contributed by atoms with Crippen LogP contribution in [0.5, 0.6) is 11.5 Å². The first kappa shape index (κ1) is 30.0. The Hall–Kier alpha value is -2.00. The van der Waals surface area contributed by atoms with E-state index in [2.05, 4.69) is 79.7 Å². The molecule has 2 aliphatic rings. The van der Waals surface area contributed by atoms with Crippen LogP contribution in [0.3, 0.4) is 0 Å². The number of benzene rings is 2. The summed E-state index contributed by atoms with van der Waals surface area (Å²) >= 11 is 0. The molecule has 4 bridgehead atoms. The first-order valence-corrected chi connectivity index (χ1v) is 15.4. The van der Waals surface area contributed by atoms with Crippen LogP contribution in [-0.2, 0) is 39.6 Å². The molecule has 0 spiro atoms. The average Bonchev–Trinajstić information content (AvgIpc) is 3.44. The number of rotatable bonds is 2. The number of methoxy groups -OCH3 is 2. The molecule has 1 aliphatic carbocycles. The van der Waals surface area contributed by atoms with Crippen LogP contribution >= 0.6 is 0 Å². The Morgan fingerprint density at radius 2 is 0.897 bits per heavy atom. The molecule has 0 unspecified atom stereocenters. The number of hydrogen-bond donors (Lipinski definition) is 0. The van der Waals surface area contributed by atoms with Crippen molar-refractivity contribution in [2.75, 3.05) is 14.2 Å². The van der Waals surface area contributed by atoms with Crippen LogP contribution in [0, 0.1) is 0 Å². The lowest BCUT2D eigenvalue weighted by Crippen LogP contribution is -2.22. The Labute approximate surface area is 239 Å². The zero-order valence-corrected chi connectivity index (χ0v) is 26.6. The van der Waals surface area contributed by atoms with Crippen LogP contribution in [-0.4, -0.2) is 14.2 Å². The lowest BCUT2D eigenvalue weighted by molar-refractivity contribution is 0.271. The molecule has 0 radical (unpaired) electrons. The van der Waals surface area contributed by atoms with E-state index in [1.807, 2.05) is 14.2 Å². The number of epoxide rings is 1. The van der Waals surface area contributed by atoms with E-state index < -0.39 is 11.2 Å². The zero-order valence-electron chi connectivity index (χ0n) is 26.6. The largest absolute Gasteiger partial charge is 0.496 e. The van der Waals surface area contributed by atoms with E-state index in [-0.39, 0.29) is 10.8 Å². The van der Waals surface area contributed by atoms with Crippen molar-refractivity contribution in [3.05, 3.63) is 57.6 Å². The summed E-state index contributed by atoms with van der Waals surface area (Å²) in [6, 6.07) is 9.49. The second-order valence-electron chi connectivity index (χ2n) is 14.4. The van der Waals surface area contributed by atoms with Gasteiger partial charge in [0, 0.05) is 11.1 Å². The highest BCUT2D eigenvalue weighted by atomic mass is 16.6. The van der Waals surface area contributed by atoms with Crippen molar-refractivity contribution in [3.63, 3.8) is 0 Å². The number of ether oxygens (including phenoxy) is 3. The maximum atomic E-state index is 6.90. The molecule has 0 saturated carbocycles. The fourth-order valence-electron chi connectivity index (χ4n) is 6.50. The van der Waals surface area contributed by atoms with Crippen molar-refractivity contribution in [1.29, 1.82) is 0 Å². The van der Waals surface area contributed by atoms with Crippen LogP contribution in [0.15, 0.2) is 24.3 Å². The summed E-state index contributed by atoms with van der Waals surface area (Å²) in [6.07, 6.45) is 12.3. The van der Waals surface area contributed by atoms with E-state index in [4.69, 9.17) is 14.2 Å². The SMILES string of the molecule is COc1c2cc(C(C)(C)C)cc1[C@]1(C)O[C@]1(C)c1cc(C(C)(C)C)cc(c1OC)CCCCCCCCCC2. The molecule has 3 heteroatoms. The zero-order chi connectivity index (χ0) is 28.6. The van der Waals surface area contributed by atoms with Crippen LogP contribution in [0.1, 0.15) is 140 Å². The van der Waals surface area contributed by atoms with Crippen molar-refractivity contribution >= 4 is 0 Å². The summed E-state index contributed by atoms with van der Waals surface area (Å²) in [4.78, 5) is 0. The van der Waals surface area contributed by atoms with E-state index in [9.17, 15) is 0 Å². The first-order valence-electron chi connectivity index (χ1n) is 15.4. The third kappa shape index (κ3) is 5.90. The molecular weight excluding hydrogens is 480 g/mol. The van der Waals surface area contributed by atoms with Gasteiger partial charge in [-0.25, -0.2) is 0 Å². The highest BCUT2D eigenvalue weighted by Crippen LogP contribution is 2.66. The van der Waals surface area contributed by atoms with E-state index >= 15 is 0 Å². The fraction of sp³-hybridized carbons (Fsp3) is 0.667. The molecule has 39 heavy (non-hydrogen) atoms. The van der Waals surface area contributed by atoms with Crippen LogP contribution < -0.4 is 9.47 Å². The minimum absolute atomic E-state index is 0.0332. The molecule has 1 fully saturated rings. The van der Waals surface area contributed by atoms with Gasteiger partial charge in [-0.05, 0) is 84.7 Å². The Bertz CT molecular complexity index is 1070. The van der Waals surface area contributed by atoms with Crippen molar-refractivity contribution in [2.24, 2.45) is 0 Å². The van der Waals surface area contributed by atoms with Crippen molar-refractivity contribution in [1.82, 2.24) is 0 Å². The molecule has 1 saturated heterocycles. The van der Waals surface area contributed by atoms with Crippen LogP contribution in [0.2, 0.25) is 0 Å². The quantitative estimate of drug-likeness (QED) is 0.359.